The first-order valence-corrected chi connectivity index (χ1v) is 3.55. The third-order valence-corrected chi connectivity index (χ3v) is 1.56. The highest BCUT2D eigenvalue weighted by atomic mass is 16.6. The Morgan fingerprint density at radius 1 is 2.08 bits per heavy atom. The van der Waals surface area contributed by atoms with Crippen LogP contribution >= 0.6 is 0 Å². The Kier molecular flexibility index (Phi) is 1.90. The van der Waals surface area contributed by atoms with Crippen LogP contribution < -0.4 is 0 Å². The Labute approximate surface area is 77.8 Å². The van der Waals surface area contributed by atoms with Gasteiger partial charge in [-0.15, -0.1) is 0 Å². The van der Waals surface area contributed by atoms with E-state index >= 15 is 0 Å². The van der Waals surface area contributed by atoms with Crippen LogP contribution in [0.5, 0.6) is 0 Å². The lowest BCUT2D eigenvalue weighted by Crippen LogP contribution is -2.14. The topological polar surface area (TPSA) is 81.2 Å². The van der Waals surface area contributed by atoms with Gasteiger partial charge in [-0.3, -0.25) is 0 Å². The van der Waals surface area contributed by atoms with E-state index in [0.717, 1.165) is 10.8 Å². The molecule has 1 unspecified atom stereocenters. The molecular weight excluding hydrogens is 174 g/mol. The molecule has 6 heteroatoms. The molecule has 0 spiro atoms. The van der Waals surface area contributed by atoms with Gasteiger partial charge in [0.1, 0.15) is 12.7 Å². The van der Waals surface area contributed by atoms with Crippen LogP contribution in [0.25, 0.3) is 0 Å². The minimum Gasteiger partial charge on any atom is -0.389 e. The highest BCUT2D eigenvalue weighted by Crippen LogP contribution is 2.13. The van der Waals surface area contributed by atoms with Gasteiger partial charge in [-0.25, -0.2) is 9.55 Å². The molecule has 0 aromatic carbocycles. The molecule has 72 valence electrons. The van der Waals surface area contributed by atoms with Crippen molar-refractivity contribution < 1.29 is 12.8 Å². The molecule has 13 heavy (non-hydrogen) atoms. The zero-order valence-corrected chi connectivity index (χ0v) is 7.10. The van der Waals surface area contributed by atoms with Gasteiger partial charge in [0.2, 0.25) is 0 Å². The average molecular weight is 187 g/mol. The lowest BCUT2D eigenvalue weighted by Gasteiger charge is -2.04. The normalized spacial score (nSPS) is 17.4. The first kappa shape index (κ1) is 7.02. The standard InChI is InChI=1S/C7H11N3O3/c1-5(11)4-9-6(2)8-3-7(9)10(12)13/h3,5,11H,4H2,1-2H3/i1D,5D. The Bertz CT molecular complexity index is 378. The van der Waals surface area contributed by atoms with E-state index in [0.29, 0.717) is 5.82 Å². The number of imidazole rings is 1. The van der Waals surface area contributed by atoms with Crippen LogP contribution in [-0.4, -0.2) is 25.7 Å². The van der Waals surface area contributed by atoms with Crippen molar-refractivity contribution in [2.24, 2.45) is 0 Å². The third kappa shape index (κ3) is 2.03. The molecule has 0 fully saturated rings. The summed E-state index contributed by atoms with van der Waals surface area (Å²) in [6, 6.07) is 0. The predicted molar refractivity (Wildman–Crippen MR) is 45.3 cm³/mol. The van der Waals surface area contributed by atoms with Gasteiger partial charge in [0.25, 0.3) is 0 Å². The maximum atomic E-state index is 10.6. The molecule has 0 aliphatic heterocycles. The summed E-state index contributed by atoms with van der Waals surface area (Å²) in [5, 5.41) is 19.9. The van der Waals surface area contributed by atoms with Gasteiger partial charge in [0, 0.05) is 8.29 Å². The van der Waals surface area contributed by atoms with Crippen molar-refractivity contribution >= 4 is 5.82 Å². The Balaban J connectivity index is 3.03. The van der Waals surface area contributed by atoms with E-state index in [4.69, 9.17) is 2.74 Å². The highest BCUT2D eigenvalue weighted by Gasteiger charge is 2.18. The molecular formula is C7H11N3O3. The summed E-state index contributed by atoms with van der Waals surface area (Å²) in [4.78, 5) is 13.6. The lowest BCUT2D eigenvalue weighted by atomic mass is 10.4. The second kappa shape index (κ2) is 3.53. The number of aliphatic hydroxyl groups is 1. The van der Waals surface area contributed by atoms with E-state index in [9.17, 15) is 15.2 Å². The van der Waals surface area contributed by atoms with E-state index in [-0.39, 0.29) is 12.4 Å². The minimum absolute atomic E-state index is 0.286. The van der Waals surface area contributed by atoms with Crippen LogP contribution in [0, 0.1) is 17.0 Å². The van der Waals surface area contributed by atoms with E-state index in [1.54, 1.807) is 0 Å². The zero-order chi connectivity index (χ0) is 11.6. The van der Waals surface area contributed by atoms with Gasteiger partial charge < -0.3 is 15.2 Å². The Morgan fingerprint density at radius 2 is 2.77 bits per heavy atom. The zero-order valence-electron chi connectivity index (χ0n) is 9.10. The molecule has 1 aromatic heterocycles. The Hall–Kier alpha value is -1.43. The largest absolute Gasteiger partial charge is 0.389 e. The van der Waals surface area contributed by atoms with Gasteiger partial charge in [-0.05, 0) is 11.8 Å². The molecule has 0 aliphatic rings. The summed E-state index contributed by atoms with van der Waals surface area (Å²) >= 11 is 0. The van der Waals surface area contributed by atoms with Crippen LogP contribution in [0.2, 0.25) is 0 Å². The van der Waals surface area contributed by atoms with Crippen molar-refractivity contribution in [3.8, 4) is 0 Å². The van der Waals surface area contributed by atoms with E-state index in [1.165, 1.54) is 6.92 Å². The molecule has 1 atom stereocenters. The quantitative estimate of drug-likeness (QED) is 0.551. The number of hydrogen-bond donors (Lipinski definition) is 1. The summed E-state index contributed by atoms with van der Waals surface area (Å²) < 4.78 is 15.3. The molecule has 1 heterocycles. The molecule has 6 nitrogen and oxygen atoms in total. The summed E-state index contributed by atoms with van der Waals surface area (Å²) in [6.07, 6.45) is -0.967. The number of aromatic nitrogens is 2. The monoisotopic (exact) mass is 187 g/mol. The van der Waals surface area contributed by atoms with Crippen molar-refractivity contribution in [1.29, 1.82) is 0 Å². The molecule has 0 radical (unpaired) electrons. The predicted octanol–water partition coefficient (Wildman–Crippen LogP) is 0.481. The van der Waals surface area contributed by atoms with E-state index in [2.05, 4.69) is 4.98 Å². The smallest absolute Gasteiger partial charge is 0.342 e. The number of aryl methyl sites for hydroxylation is 1. The van der Waals surface area contributed by atoms with E-state index < -0.39 is 17.9 Å². The highest BCUT2D eigenvalue weighted by molar-refractivity contribution is 5.18. The molecule has 0 bridgehead atoms. The molecule has 0 saturated carbocycles. The second-order valence-corrected chi connectivity index (χ2v) is 2.57. The maximum absolute atomic E-state index is 10.6. The third-order valence-electron chi connectivity index (χ3n) is 1.56. The fourth-order valence-electron chi connectivity index (χ4n) is 0.980. The Morgan fingerprint density at radius 3 is 3.31 bits per heavy atom. The van der Waals surface area contributed by atoms with Crippen LogP contribution in [0.1, 0.15) is 15.5 Å². The molecule has 0 saturated heterocycles. The molecule has 0 aliphatic carbocycles. The van der Waals surface area contributed by atoms with Crippen LogP contribution in [-0.2, 0) is 6.54 Å². The number of nitro groups is 1. The summed E-state index contributed by atoms with van der Waals surface area (Å²) in [7, 11) is 0. The van der Waals surface area contributed by atoms with Gasteiger partial charge in [0.15, 0.2) is 5.82 Å². The van der Waals surface area contributed by atoms with Crippen molar-refractivity contribution in [3.05, 3.63) is 22.1 Å². The van der Waals surface area contributed by atoms with E-state index in [1.807, 2.05) is 0 Å². The summed E-state index contributed by atoms with van der Waals surface area (Å²) in [6.45, 7) is 0.646. The van der Waals surface area contributed by atoms with Crippen molar-refractivity contribution in [1.82, 2.24) is 9.55 Å². The fraction of sp³-hybridized carbons (Fsp3) is 0.571. The first-order valence-electron chi connectivity index (χ1n) is 4.76. The fourth-order valence-corrected chi connectivity index (χ4v) is 0.980. The number of hydrogen-bond acceptors (Lipinski definition) is 4. The van der Waals surface area contributed by atoms with Gasteiger partial charge in [-0.1, -0.05) is 0 Å². The first-order chi connectivity index (χ1) is 6.87. The molecule has 0 amide bonds. The van der Waals surface area contributed by atoms with Crippen LogP contribution in [0.15, 0.2) is 6.20 Å². The van der Waals surface area contributed by atoms with Gasteiger partial charge in [0.05, 0.1) is 7.45 Å². The van der Waals surface area contributed by atoms with Crippen LogP contribution in [0.3, 0.4) is 0 Å². The molecule has 1 rings (SSSR count). The van der Waals surface area contributed by atoms with Crippen molar-refractivity contribution in [2.45, 2.75) is 26.4 Å². The van der Waals surface area contributed by atoms with Crippen molar-refractivity contribution in [2.75, 3.05) is 0 Å². The number of nitrogens with zero attached hydrogens (tertiary/aromatic N) is 3. The minimum atomic E-state index is -2.03. The van der Waals surface area contributed by atoms with Gasteiger partial charge in [-0.2, -0.15) is 0 Å². The van der Waals surface area contributed by atoms with Crippen LogP contribution in [0.4, 0.5) is 5.82 Å². The lowest BCUT2D eigenvalue weighted by molar-refractivity contribution is -0.392. The van der Waals surface area contributed by atoms with Gasteiger partial charge >= 0.3 is 5.82 Å². The summed E-state index contributed by atoms with van der Waals surface area (Å²) in [5.41, 5.74) is 0. The molecule has 1 N–H and O–H groups in total. The van der Waals surface area contributed by atoms with Crippen molar-refractivity contribution in [3.63, 3.8) is 0 Å². The SMILES string of the molecule is [2H]CC([2H])(O)Cn1c([N+](=O)[O-])cnc1C. The average Bonchev–Trinajstić information content (AvgIpc) is 2.48. The second-order valence-electron chi connectivity index (χ2n) is 2.57. The number of rotatable bonds is 3. The maximum Gasteiger partial charge on any atom is 0.342 e. The molecule has 1 aromatic rings. The summed E-state index contributed by atoms with van der Waals surface area (Å²) in [5.74, 6) is 0.0486.